The van der Waals surface area contributed by atoms with Gasteiger partial charge in [-0.15, -0.1) is 0 Å². The van der Waals surface area contributed by atoms with Gasteiger partial charge in [0.2, 0.25) is 0 Å². The van der Waals surface area contributed by atoms with Crippen LogP contribution in [0.2, 0.25) is 0 Å². The van der Waals surface area contributed by atoms with E-state index in [0.717, 1.165) is 25.9 Å². The number of rotatable bonds is 4. The van der Waals surface area contributed by atoms with Crippen LogP contribution in [0.3, 0.4) is 0 Å². The fraction of sp³-hybridized carbons (Fsp3) is 1.00. The highest BCUT2D eigenvalue weighted by atomic mass is 19.1. The molecule has 1 N–H and O–H groups in total. The highest BCUT2D eigenvalue weighted by Gasteiger charge is 2.12. The van der Waals surface area contributed by atoms with Crippen molar-refractivity contribution in [2.45, 2.75) is 44.9 Å². The van der Waals surface area contributed by atoms with Crippen LogP contribution in [0, 0.1) is 0 Å². The molecule has 3 heteroatoms. The molecule has 2 atom stereocenters. The van der Waals surface area contributed by atoms with Crippen LogP contribution in [-0.4, -0.2) is 32.0 Å². The lowest BCUT2D eigenvalue weighted by molar-refractivity contribution is 0.0353. The zero-order valence-corrected chi connectivity index (χ0v) is 8.39. The lowest BCUT2D eigenvalue weighted by atomic mass is 10.1. The Morgan fingerprint density at radius 3 is 3.08 bits per heavy atom. The van der Waals surface area contributed by atoms with Gasteiger partial charge < -0.3 is 10.1 Å². The summed E-state index contributed by atoms with van der Waals surface area (Å²) in [4.78, 5) is 0. The maximum atomic E-state index is 12.4. The van der Waals surface area contributed by atoms with Crippen molar-refractivity contribution < 1.29 is 9.13 Å². The van der Waals surface area contributed by atoms with Gasteiger partial charge in [-0.2, -0.15) is 0 Å². The van der Waals surface area contributed by atoms with E-state index in [1.165, 1.54) is 6.42 Å². The van der Waals surface area contributed by atoms with E-state index in [9.17, 15) is 4.39 Å². The molecular formula is C10H20FNO. The largest absolute Gasteiger partial charge is 0.378 e. The third-order valence-electron chi connectivity index (χ3n) is 2.39. The number of alkyl halides is 1. The molecule has 2 nitrogen and oxygen atoms in total. The third-order valence-corrected chi connectivity index (χ3v) is 2.39. The molecule has 0 amide bonds. The van der Waals surface area contributed by atoms with Gasteiger partial charge in [0.25, 0.3) is 0 Å². The molecule has 0 aromatic heterocycles. The molecule has 0 aliphatic carbocycles. The Kier molecular flexibility index (Phi) is 5.32. The number of hydrogen-bond donors (Lipinski definition) is 1. The van der Waals surface area contributed by atoms with Gasteiger partial charge in [0, 0.05) is 13.0 Å². The van der Waals surface area contributed by atoms with E-state index in [1.54, 1.807) is 6.92 Å². The first-order chi connectivity index (χ1) is 6.29. The Labute approximate surface area is 79.8 Å². The number of halogens is 1. The molecule has 1 fully saturated rings. The Balaban J connectivity index is 2.05. The Bertz CT molecular complexity index is 122. The molecule has 0 radical (unpaired) electrons. The Hall–Kier alpha value is -0.150. The van der Waals surface area contributed by atoms with Crippen LogP contribution in [0.4, 0.5) is 4.39 Å². The van der Waals surface area contributed by atoms with Crippen molar-refractivity contribution in [2.75, 3.05) is 19.7 Å². The van der Waals surface area contributed by atoms with E-state index in [-0.39, 0.29) is 0 Å². The van der Waals surface area contributed by atoms with Crippen molar-refractivity contribution in [3.8, 4) is 0 Å². The summed E-state index contributed by atoms with van der Waals surface area (Å²) in [6.45, 7) is 4.29. The molecule has 0 aromatic rings. The predicted octanol–water partition coefficient (Wildman–Crippen LogP) is 1.89. The summed E-state index contributed by atoms with van der Waals surface area (Å²) in [6, 6.07) is 0. The van der Waals surface area contributed by atoms with E-state index in [1.807, 2.05) is 0 Å². The average Bonchev–Trinajstić information content (AvgIpc) is 2.32. The lowest BCUT2D eigenvalue weighted by Crippen LogP contribution is -2.18. The first-order valence-electron chi connectivity index (χ1n) is 5.25. The summed E-state index contributed by atoms with van der Waals surface area (Å²) in [5.74, 6) is 0. The fourth-order valence-electron chi connectivity index (χ4n) is 1.55. The van der Waals surface area contributed by atoms with Crippen molar-refractivity contribution in [2.24, 2.45) is 0 Å². The van der Waals surface area contributed by atoms with E-state index >= 15 is 0 Å². The maximum absolute atomic E-state index is 12.4. The molecule has 1 saturated heterocycles. The minimum absolute atomic E-state index is 0.355. The molecule has 2 unspecified atom stereocenters. The molecule has 78 valence electrons. The highest BCUT2D eigenvalue weighted by molar-refractivity contribution is 4.66. The second-order valence-corrected chi connectivity index (χ2v) is 3.74. The maximum Gasteiger partial charge on any atom is 0.0995 e. The predicted molar refractivity (Wildman–Crippen MR) is 51.6 cm³/mol. The fourth-order valence-corrected chi connectivity index (χ4v) is 1.55. The van der Waals surface area contributed by atoms with E-state index in [2.05, 4.69) is 5.32 Å². The van der Waals surface area contributed by atoms with Crippen LogP contribution < -0.4 is 5.32 Å². The van der Waals surface area contributed by atoms with Crippen molar-refractivity contribution in [3.05, 3.63) is 0 Å². The first kappa shape index (κ1) is 10.9. The Morgan fingerprint density at radius 1 is 1.46 bits per heavy atom. The smallest absolute Gasteiger partial charge is 0.0995 e. The van der Waals surface area contributed by atoms with Crippen LogP contribution in [0.5, 0.6) is 0 Å². The van der Waals surface area contributed by atoms with Crippen LogP contribution >= 0.6 is 0 Å². The Morgan fingerprint density at radius 2 is 2.31 bits per heavy atom. The van der Waals surface area contributed by atoms with Gasteiger partial charge in [-0.3, -0.25) is 0 Å². The monoisotopic (exact) mass is 189 g/mol. The molecule has 1 aliphatic heterocycles. The molecule has 0 spiro atoms. The van der Waals surface area contributed by atoms with Gasteiger partial charge >= 0.3 is 0 Å². The van der Waals surface area contributed by atoms with Crippen LogP contribution in [0.1, 0.15) is 32.6 Å². The molecule has 0 bridgehead atoms. The summed E-state index contributed by atoms with van der Waals surface area (Å²) >= 11 is 0. The van der Waals surface area contributed by atoms with E-state index < -0.39 is 6.17 Å². The minimum Gasteiger partial charge on any atom is -0.378 e. The summed E-state index contributed by atoms with van der Waals surface area (Å²) < 4.78 is 18.0. The molecule has 1 aliphatic rings. The van der Waals surface area contributed by atoms with Crippen molar-refractivity contribution in [3.63, 3.8) is 0 Å². The first-order valence-corrected chi connectivity index (χ1v) is 5.25. The van der Waals surface area contributed by atoms with Gasteiger partial charge in [0.05, 0.1) is 12.3 Å². The summed E-state index contributed by atoms with van der Waals surface area (Å²) in [6.07, 6.45) is 3.52. The molecule has 1 rings (SSSR count). The zero-order valence-electron chi connectivity index (χ0n) is 8.39. The number of ether oxygens (including phenoxy) is 1. The lowest BCUT2D eigenvalue weighted by Gasteiger charge is -2.14. The van der Waals surface area contributed by atoms with Gasteiger partial charge in [-0.1, -0.05) is 0 Å². The van der Waals surface area contributed by atoms with Crippen LogP contribution in [-0.2, 0) is 4.74 Å². The van der Waals surface area contributed by atoms with Crippen molar-refractivity contribution >= 4 is 0 Å². The zero-order chi connectivity index (χ0) is 9.52. The molecule has 0 aromatic carbocycles. The molecule has 1 heterocycles. The highest BCUT2D eigenvalue weighted by Crippen LogP contribution is 2.10. The standard InChI is InChI=1S/C10H20FNO/c1-9(11)5-8-13-10-3-2-6-12-7-4-10/h9-10,12H,2-8H2,1H3. The second-order valence-electron chi connectivity index (χ2n) is 3.74. The normalized spacial score (nSPS) is 26.8. The van der Waals surface area contributed by atoms with Crippen molar-refractivity contribution in [1.29, 1.82) is 0 Å². The van der Waals surface area contributed by atoms with Crippen LogP contribution in [0.15, 0.2) is 0 Å². The molecule has 13 heavy (non-hydrogen) atoms. The number of hydrogen-bond acceptors (Lipinski definition) is 2. The number of nitrogens with one attached hydrogen (secondary N) is 1. The summed E-state index contributed by atoms with van der Waals surface area (Å²) in [5.41, 5.74) is 0. The topological polar surface area (TPSA) is 21.3 Å². The van der Waals surface area contributed by atoms with Gasteiger partial charge in [-0.25, -0.2) is 4.39 Å². The van der Waals surface area contributed by atoms with E-state index in [0.29, 0.717) is 19.1 Å². The van der Waals surface area contributed by atoms with Gasteiger partial charge in [0.1, 0.15) is 0 Å². The summed E-state index contributed by atoms with van der Waals surface area (Å²) in [5, 5.41) is 3.32. The van der Waals surface area contributed by atoms with Crippen molar-refractivity contribution in [1.82, 2.24) is 5.32 Å². The second kappa shape index (κ2) is 6.33. The minimum atomic E-state index is -0.732. The quantitative estimate of drug-likeness (QED) is 0.729. The molecular weight excluding hydrogens is 169 g/mol. The summed E-state index contributed by atoms with van der Waals surface area (Å²) in [7, 11) is 0. The van der Waals surface area contributed by atoms with Gasteiger partial charge in [-0.05, 0) is 39.3 Å². The van der Waals surface area contributed by atoms with E-state index in [4.69, 9.17) is 4.74 Å². The average molecular weight is 189 g/mol. The third kappa shape index (κ3) is 5.21. The van der Waals surface area contributed by atoms with Gasteiger partial charge in [0.15, 0.2) is 0 Å². The van der Waals surface area contributed by atoms with Crippen LogP contribution in [0.25, 0.3) is 0 Å². The molecule has 0 saturated carbocycles. The SMILES string of the molecule is CC(F)CCOC1CCCNCC1.